The summed E-state index contributed by atoms with van der Waals surface area (Å²) in [6, 6.07) is 10.0. The minimum absolute atomic E-state index is 0.0240. The molecule has 1 atom stereocenters. The molecule has 0 fully saturated rings. The van der Waals surface area contributed by atoms with Crippen LogP contribution in [0.1, 0.15) is 43.3 Å². The average Bonchev–Trinajstić information content (AvgIpc) is 2.78. The number of nitrogens with zero attached hydrogens (tertiary/aromatic N) is 2. The molecule has 0 radical (unpaired) electrons. The fourth-order valence-electron chi connectivity index (χ4n) is 2.60. The van der Waals surface area contributed by atoms with Gasteiger partial charge in [0.1, 0.15) is 0 Å². The number of hydrogen-bond acceptors (Lipinski definition) is 2. The molecule has 4 nitrogen and oxygen atoms in total. The van der Waals surface area contributed by atoms with Crippen LogP contribution in [0.4, 0.5) is 5.69 Å². The smallest absolute Gasteiger partial charge is 0.226 e. The first-order chi connectivity index (χ1) is 10.0. The molecule has 0 saturated heterocycles. The van der Waals surface area contributed by atoms with Gasteiger partial charge in [-0.1, -0.05) is 25.1 Å². The second-order valence-corrected chi connectivity index (χ2v) is 5.48. The van der Waals surface area contributed by atoms with Gasteiger partial charge in [0.15, 0.2) is 0 Å². The largest absolute Gasteiger partial charge is 0.326 e. The summed E-state index contributed by atoms with van der Waals surface area (Å²) in [6.07, 6.45) is 1.32. The van der Waals surface area contributed by atoms with E-state index in [4.69, 9.17) is 0 Å². The molecule has 1 unspecified atom stereocenters. The van der Waals surface area contributed by atoms with Crippen LogP contribution in [0.2, 0.25) is 0 Å². The lowest BCUT2D eigenvalue weighted by Gasteiger charge is -2.15. The third-order valence-electron chi connectivity index (χ3n) is 3.62. The summed E-state index contributed by atoms with van der Waals surface area (Å²) < 4.78 is 1.92. The summed E-state index contributed by atoms with van der Waals surface area (Å²) in [4.78, 5) is 12.2. The number of carbonyl (C=O) groups excluding carboxylic acids is 1. The van der Waals surface area contributed by atoms with Gasteiger partial charge in [0.2, 0.25) is 5.91 Å². The van der Waals surface area contributed by atoms with E-state index in [9.17, 15) is 4.79 Å². The molecule has 112 valence electrons. The van der Waals surface area contributed by atoms with Gasteiger partial charge < -0.3 is 5.32 Å². The van der Waals surface area contributed by atoms with Crippen LogP contribution in [-0.4, -0.2) is 15.7 Å². The van der Waals surface area contributed by atoms with E-state index in [1.807, 2.05) is 55.8 Å². The standard InChI is InChI=1S/C17H23N3O/c1-5-15-8-6-7-9-16(15)18-17(21)11-14(4)20-13(3)10-12(2)19-20/h6-10,14H,5,11H2,1-4H3,(H,18,21). The maximum Gasteiger partial charge on any atom is 0.226 e. The fourth-order valence-corrected chi connectivity index (χ4v) is 2.60. The van der Waals surface area contributed by atoms with E-state index in [2.05, 4.69) is 17.3 Å². The zero-order valence-electron chi connectivity index (χ0n) is 13.2. The van der Waals surface area contributed by atoms with Gasteiger partial charge in [-0.15, -0.1) is 0 Å². The molecule has 2 rings (SSSR count). The van der Waals surface area contributed by atoms with Gasteiger partial charge >= 0.3 is 0 Å². The zero-order chi connectivity index (χ0) is 15.4. The number of carbonyl (C=O) groups is 1. The molecular weight excluding hydrogens is 262 g/mol. The first kappa shape index (κ1) is 15.3. The number of amides is 1. The van der Waals surface area contributed by atoms with Crippen LogP contribution in [0.3, 0.4) is 0 Å². The van der Waals surface area contributed by atoms with Crippen molar-refractivity contribution in [1.82, 2.24) is 9.78 Å². The average molecular weight is 285 g/mol. The van der Waals surface area contributed by atoms with E-state index in [-0.39, 0.29) is 11.9 Å². The summed E-state index contributed by atoms with van der Waals surface area (Å²) >= 11 is 0. The van der Waals surface area contributed by atoms with E-state index < -0.39 is 0 Å². The highest BCUT2D eigenvalue weighted by Gasteiger charge is 2.14. The Labute approximate surface area is 126 Å². The van der Waals surface area contributed by atoms with Crippen molar-refractivity contribution in [3.63, 3.8) is 0 Å². The number of aryl methyl sites for hydroxylation is 3. The van der Waals surface area contributed by atoms with Gasteiger partial charge in [-0.25, -0.2) is 0 Å². The van der Waals surface area contributed by atoms with Crippen molar-refractivity contribution in [2.45, 2.75) is 46.6 Å². The lowest BCUT2D eigenvalue weighted by Crippen LogP contribution is -2.19. The maximum absolute atomic E-state index is 12.2. The Bertz CT molecular complexity index is 631. The lowest BCUT2D eigenvalue weighted by atomic mass is 10.1. The number of benzene rings is 1. The molecule has 0 aliphatic rings. The van der Waals surface area contributed by atoms with E-state index >= 15 is 0 Å². The van der Waals surface area contributed by atoms with E-state index in [0.29, 0.717) is 6.42 Å². The molecule has 1 aromatic carbocycles. The fraction of sp³-hybridized carbons (Fsp3) is 0.412. The summed E-state index contributed by atoms with van der Waals surface area (Å²) in [6.45, 7) is 8.09. The molecule has 0 aliphatic heterocycles. The van der Waals surface area contributed by atoms with E-state index in [0.717, 1.165) is 29.1 Å². The molecule has 0 bridgehead atoms. The van der Waals surface area contributed by atoms with Gasteiger partial charge in [-0.3, -0.25) is 9.48 Å². The monoisotopic (exact) mass is 285 g/mol. The molecule has 1 amide bonds. The maximum atomic E-state index is 12.2. The van der Waals surface area contributed by atoms with Crippen molar-refractivity contribution in [3.05, 3.63) is 47.3 Å². The van der Waals surface area contributed by atoms with E-state index in [1.54, 1.807) is 0 Å². The topological polar surface area (TPSA) is 46.9 Å². The van der Waals surface area contributed by atoms with E-state index in [1.165, 1.54) is 0 Å². The van der Waals surface area contributed by atoms with Crippen molar-refractivity contribution in [1.29, 1.82) is 0 Å². The van der Waals surface area contributed by atoms with Crippen molar-refractivity contribution in [2.24, 2.45) is 0 Å². The van der Waals surface area contributed by atoms with Crippen molar-refractivity contribution >= 4 is 11.6 Å². The third kappa shape index (κ3) is 3.72. The van der Waals surface area contributed by atoms with Crippen LogP contribution in [0, 0.1) is 13.8 Å². The Morgan fingerprint density at radius 1 is 1.33 bits per heavy atom. The second kappa shape index (κ2) is 6.57. The van der Waals surface area contributed by atoms with Gasteiger partial charge in [-0.05, 0) is 44.9 Å². The first-order valence-electron chi connectivity index (χ1n) is 7.41. The van der Waals surface area contributed by atoms with Crippen LogP contribution in [0.15, 0.2) is 30.3 Å². The second-order valence-electron chi connectivity index (χ2n) is 5.48. The van der Waals surface area contributed by atoms with Crippen LogP contribution in [0.25, 0.3) is 0 Å². The lowest BCUT2D eigenvalue weighted by molar-refractivity contribution is -0.116. The molecule has 1 aromatic heterocycles. The Balaban J connectivity index is 2.03. The van der Waals surface area contributed by atoms with Crippen LogP contribution >= 0.6 is 0 Å². The molecular formula is C17H23N3O. The molecule has 0 saturated carbocycles. The number of nitrogens with one attached hydrogen (secondary N) is 1. The minimum atomic E-state index is 0.0240. The Morgan fingerprint density at radius 3 is 2.67 bits per heavy atom. The number of para-hydroxylation sites is 1. The molecule has 4 heteroatoms. The molecule has 0 aliphatic carbocycles. The number of hydrogen-bond donors (Lipinski definition) is 1. The first-order valence-corrected chi connectivity index (χ1v) is 7.41. The highest BCUT2D eigenvalue weighted by molar-refractivity contribution is 5.91. The SMILES string of the molecule is CCc1ccccc1NC(=O)CC(C)n1nc(C)cc1C. The van der Waals surface area contributed by atoms with Gasteiger partial charge in [0, 0.05) is 17.8 Å². The molecule has 1 N–H and O–H groups in total. The molecule has 21 heavy (non-hydrogen) atoms. The summed E-state index contributed by atoms with van der Waals surface area (Å²) in [5.41, 5.74) is 4.13. The normalized spacial score (nSPS) is 12.2. The highest BCUT2D eigenvalue weighted by atomic mass is 16.1. The predicted octanol–water partition coefficient (Wildman–Crippen LogP) is 3.65. The van der Waals surface area contributed by atoms with Crippen LogP contribution < -0.4 is 5.32 Å². The van der Waals surface area contributed by atoms with Crippen LogP contribution in [0.5, 0.6) is 0 Å². The number of rotatable bonds is 5. The Kier molecular flexibility index (Phi) is 4.78. The third-order valence-corrected chi connectivity index (χ3v) is 3.62. The Hall–Kier alpha value is -2.10. The zero-order valence-corrected chi connectivity index (χ0v) is 13.2. The van der Waals surface area contributed by atoms with Gasteiger partial charge in [0.05, 0.1) is 11.7 Å². The van der Waals surface area contributed by atoms with Gasteiger partial charge in [0.25, 0.3) is 0 Å². The minimum Gasteiger partial charge on any atom is -0.326 e. The summed E-state index contributed by atoms with van der Waals surface area (Å²) in [5, 5.41) is 7.45. The number of anilines is 1. The molecule has 1 heterocycles. The van der Waals surface area contributed by atoms with Crippen molar-refractivity contribution < 1.29 is 4.79 Å². The quantitative estimate of drug-likeness (QED) is 0.911. The van der Waals surface area contributed by atoms with Crippen molar-refractivity contribution in [3.8, 4) is 0 Å². The molecule has 0 spiro atoms. The van der Waals surface area contributed by atoms with Crippen molar-refractivity contribution in [2.75, 3.05) is 5.32 Å². The summed E-state index contributed by atoms with van der Waals surface area (Å²) in [7, 11) is 0. The summed E-state index contributed by atoms with van der Waals surface area (Å²) in [5.74, 6) is 0.0240. The Morgan fingerprint density at radius 2 is 2.05 bits per heavy atom. The predicted molar refractivity (Wildman–Crippen MR) is 85.5 cm³/mol. The number of aromatic nitrogens is 2. The highest BCUT2D eigenvalue weighted by Crippen LogP contribution is 2.18. The van der Waals surface area contributed by atoms with Gasteiger partial charge in [-0.2, -0.15) is 5.10 Å². The molecule has 2 aromatic rings. The van der Waals surface area contributed by atoms with Crippen LogP contribution in [-0.2, 0) is 11.2 Å².